The molecule has 0 radical (unpaired) electrons. The molecule has 4 rings (SSSR count). The molecule has 184 valence electrons. The number of nitrogens with zero attached hydrogens (tertiary/aromatic N) is 2. The lowest BCUT2D eigenvalue weighted by Gasteiger charge is -2.22. The molecule has 2 saturated heterocycles. The van der Waals surface area contributed by atoms with Gasteiger partial charge in [0.15, 0.2) is 0 Å². The Labute approximate surface area is 241 Å². The number of rotatable bonds is 6. The lowest BCUT2D eigenvalue weighted by atomic mass is 10.2. The molecule has 3 amide bonds. The number of imide groups is 1. The van der Waals surface area contributed by atoms with E-state index >= 15 is 0 Å². The summed E-state index contributed by atoms with van der Waals surface area (Å²) in [5.74, 6) is 0.145. The van der Waals surface area contributed by atoms with E-state index in [1.807, 2.05) is 36.4 Å². The van der Waals surface area contributed by atoms with Crippen LogP contribution in [-0.4, -0.2) is 46.5 Å². The number of ether oxygens (including phenoxy) is 1. The molecule has 0 aromatic heterocycles. The Hall–Kier alpha value is -1.31. The quantitative estimate of drug-likeness (QED) is 0.248. The summed E-state index contributed by atoms with van der Waals surface area (Å²) in [7, 11) is 0. The highest BCUT2D eigenvalue weighted by atomic mass is 127. The average Bonchev–Trinajstić information content (AvgIpc) is 3.01. The highest BCUT2D eigenvalue weighted by Gasteiger charge is 2.37. The fourth-order valence-electron chi connectivity index (χ4n) is 3.91. The minimum Gasteiger partial charge on any atom is -0.487 e. The van der Waals surface area contributed by atoms with Crippen molar-refractivity contribution in [2.75, 3.05) is 19.6 Å². The zero-order valence-corrected chi connectivity index (χ0v) is 24.7. The highest BCUT2D eigenvalue weighted by molar-refractivity contribution is 14.1. The van der Waals surface area contributed by atoms with Gasteiger partial charge < -0.3 is 9.64 Å². The normalized spacial score (nSPS) is 17.7. The molecule has 0 saturated carbocycles. The fraction of sp³-hybridized carbons (Fsp3) is 0.320. The summed E-state index contributed by atoms with van der Waals surface area (Å²) < 4.78 is 7.78. The number of thioether (sulfide) groups is 1. The SMILES string of the molecule is O=C(CN1C(=O)SC(=Cc2cc(I)c(OCc3ccccc3Cl)c(I)c2)C1=O)N1CCCCCC1. The lowest BCUT2D eigenvalue weighted by molar-refractivity contribution is -0.135. The number of amides is 3. The van der Waals surface area contributed by atoms with Crippen LogP contribution in [0.1, 0.15) is 36.8 Å². The van der Waals surface area contributed by atoms with Crippen molar-refractivity contribution in [2.24, 2.45) is 0 Å². The molecule has 35 heavy (non-hydrogen) atoms. The minimum absolute atomic E-state index is 0.167. The molecule has 0 bridgehead atoms. The maximum Gasteiger partial charge on any atom is 0.294 e. The van der Waals surface area contributed by atoms with Crippen LogP contribution in [0.2, 0.25) is 5.02 Å². The Balaban J connectivity index is 1.45. The van der Waals surface area contributed by atoms with E-state index in [-0.39, 0.29) is 12.5 Å². The number of halogens is 3. The Bertz CT molecular complexity index is 1160. The summed E-state index contributed by atoms with van der Waals surface area (Å²) in [6.07, 6.45) is 5.83. The maximum absolute atomic E-state index is 12.9. The molecule has 0 spiro atoms. The fourth-order valence-corrected chi connectivity index (χ4v) is 7.07. The van der Waals surface area contributed by atoms with E-state index in [1.54, 1.807) is 11.0 Å². The third-order valence-corrected chi connectivity index (χ3v) is 8.65. The van der Waals surface area contributed by atoms with Crippen molar-refractivity contribution < 1.29 is 19.1 Å². The van der Waals surface area contributed by atoms with E-state index in [1.165, 1.54) is 0 Å². The molecule has 2 aromatic rings. The Kier molecular flexibility index (Phi) is 9.39. The first-order valence-corrected chi connectivity index (χ1v) is 14.6. The van der Waals surface area contributed by atoms with E-state index in [0.29, 0.717) is 29.6 Å². The summed E-state index contributed by atoms with van der Waals surface area (Å²) in [5, 5.41) is 0.243. The Morgan fingerprint density at radius 2 is 1.71 bits per heavy atom. The van der Waals surface area contributed by atoms with Gasteiger partial charge >= 0.3 is 0 Å². The van der Waals surface area contributed by atoms with Crippen LogP contribution >= 0.6 is 68.5 Å². The second kappa shape index (κ2) is 12.3. The molecule has 0 atom stereocenters. The Morgan fingerprint density at radius 3 is 2.37 bits per heavy atom. The van der Waals surface area contributed by atoms with Crippen LogP contribution < -0.4 is 4.74 Å². The van der Waals surface area contributed by atoms with Gasteiger partial charge in [-0.2, -0.15) is 0 Å². The van der Waals surface area contributed by atoms with Crippen LogP contribution in [0.3, 0.4) is 0 Å². The van der Waals surface area contributed by atoms with E-state index < -0.39 is 11.1 Å². The number of hydrogen-bond donors (Lipinski definition) is 0. The monoisotopic (exact) mass is 736 g/mol. The molecule has 0 unspecified atom stereocenters. The van der Waals surface area contributed by atoms with Crippen LogP contribution in [0.15, 0.2) is 41.3 Å². The molecular weight excluding hydrogens is 714 g/mol. The largest absolute Gasteiger partial charge is 0.487 e. The van der Waals surface area contributed by atoms with Crippen LogP contribution in [-0.2, 0) is 16.2 Å². The van der Waals surface area contributed by atoms with Gasteiger partial charge in [0.25, 0.3) is 11.1 Å². The van der Waals surface area contributed by atoms with Gasteiger partial charge in [-0.25, -0.2) is 0 Å². The van der Waals surface area contributed by atoms with Crippen LogP contribution in [0, 0.1) is 7.14 Å². The predicted octanol–water partition coefficient (Wildman–Crippen LogP) is 6.57. The van der Waals surface area contributed by atoms with Crippen LogP contribution in [0.5, 0.6) is 5.75 Å². The van der Waals surface area contributed by atoms with Gasteiger partial charge in [-0.15, -0.1) is 0 Å². The maximum atomic E-state index is 12.9. The van der Waals surface area contributed by atoms with Crippen molar-refractivity contribution in [3.63, 3.8) is 0 Å². The summed E-state index contributed by atoms with van der Waals surface area (Å²) in [6, 6.07) is 11.3. The van der Waals surface area contributed by atoms with Gasteiger partial charge in [0.05, 0.1) is 12.0 Å². The van der Waals surface area contributed by atoms with Crippen LogP contribution in [0.25, 0.3) is 6.08 Å². The molecule has 0 N–H and O–H groups in total. The van der Waals surface area contributed by atoms with Crippen molar-refractivity contribution in [1.29, 1.82) is 0 Å². The number of hydrogen-bond acceptors (Lipinski definition) is 5. The molecule has 0 aliphatic carbocycles. The molecule has 2 aliphatic heterocycles. The third kappa shape index (κ3) is 6.72. The number of likely N-dealkylation sites (tertiary alicyclic amines) is 1. The summed E-state index contributed by atoms with van der Waals surface area (Å²) in [5.41, 5.74) is 1.68. The van der Waals surface area contributed by atoms with E-state index in [2.05, 4.69) is 45.2 Å². The molecular formula is C25H23ClI2N2O4S. The standard InChI is InChI=1S/C25H23ClI2N2O4S/c26-18-8-4-3-7-17(18)15-34-23-19(27)11-16(12-20(23)28)13-21-24(32)30(25(33)35-21)14-22(31)29-9-5-1-2-6-10-29/h3-4,7-8,11-13H,1-2,5-6,9-10,14-15H2. The van der Waals surface area contributed by atoms with Crippen molar-refractivity contribution in [2.45, 2.75) is 32.3 Å². The zero-order chi connectivity index (χ0) is 24.9. The topological polar surface area (TPSA) is 66.9 Å². The second-order valence-electron chi connectivity index (χ2n) is 8.26. The van der Waals surface area contributed by atoms with Gasteiger partial charge in [-0.05, 0) is 99.6 Å². The lowest BCUT2D eigenvalue weighted by Crippen LogP contribution is -2.42. The number of carbonyl (C=O) groups excluding carboxylic acids is 3. The van der Waals surface area contributed by atoms with Gasteiger partial charge in [-0.3, -0.25) is 19.3 Å². The van der Waals surface area contributed by atoms with Crippen LogP contribution in [0.4, 0.5) is 4.79 Å². The number of carbonyl (C=O) groups is 3. The minimum atomic E-state index is -0.424. The highest BCUT2D eigenvalue weighted by Crippen LogP contribution is 2.35. The zero-order valence-electron chi connectivity index (χ0n) is 18.8. The van der Waals surface area contributed by atoms with Crippen molar-refractivity contribution in [1.82, 2.24) is 9.80 Å². The average molecular weight is 737 g/mol. The molecule has 10 heteroatoms. The van der Waals surface area contributed by atoms with E-state index in [0.717, 1.165) is 66.4 Å². The van der Waals surface area contributed by atoms with Gasteiger partial charge in [0.2, 0.25) is 5.91 Å². The smallest absolute Gasteiger partial charge is 0.294 e. The van der Waals surface area contributed by atoms with Crippen molar-refractivity contribution in [3.8, 4) is 5.75 Å². The van der Waals surface area contributed by atoms with Crippen molar-refractivity contribution >= 4 is 91.7 Å². The number of benzene rings is 2. The van der Waals surface area contributed by atoms with Gasteiger partial charge in [0.1, 0.15) is 18.9 Å². The molecule has 6 nitrogen and oxygen atoms in total. The van der Waals surface area contributed by atoms with E-state index in [9.17, 15) is 14.4 Å². The first-order chi connectivity index (χ1) is 16.8. The van der Waals surface area contributed by atoms with Gasteiger partial charge in [0, 0.05) is 23.7 Å². The third-order valence-electron chi connectivity index (χ3n) is 5.77. The first-order valence-electron chi connectivity index (χ1n) is 11.2. The Morgan fingerprint density at radius 1 is 1.06 bits per heavy atom. The second-order valence-corrected chi connectivity index (χ2v) is 12.0. The summed E-state index contributed by atoms with van der Waals surface area (Å²) in [6.45, 7) is 1.51. The molecule has 2 aliphatic rings. The predicted molar refractivity (Wildman–Crippen MR) is 155 cm³/mol. The first kappa shape index (κ1) is 26.7. The summed E-state index contributed by atoms with van der Waals surface area (Å²) >= 11 is 11.5. The van der Waals surface area contributed by atoms with E-state index in [4.69, 9.17) is 16.3 Å². The summed E-state index contributed by atoms with van der Waals surface area (Å²) in [4.78, 5) is 41.3. The molecule has 2 fully saturated rings. The molecule has 2 aromatic carbocycles. The van der Waals surface area contributed by atoms with Gasteiger partial charge in [-0.1, -0.05) is 42.6 Å². The van der Waals surface area contributed by atoms with Crippen molar-refractivity contribution in [3.05, 3.63) is 64.6 Å². The molecule has 2 heterocycles.